The van der Waals surface area contributed by atoms with Gasteiger partial charge in [0.25, 0.3) is 0 Å². The molecule has 0 spiro atoms. The van der Waals surface area contributed by atoms with E-state index in [1.54, 1.807) is 6.20 Å². The van der Waals surface area contributed by atoms with E-state index in [4.69, 9.17) is 0 Å². The van der Waals surface area contributed by atoms with Crippen molar-refractivity contribution >= 4 is 5.65 Å². The van der Waals surface area contributed by atoms with Crippen LogP contribution in [-0.2, 0) is 5.41 Å². The predicted octanol–water partition coefficient (Wildman–Crippen LogP) is 0.699. The van der Waals surface area contributed by atoms with Crippen molar-refractivity contribution in [3.8, 4) is 6.07 Å². The average molecular weight is 198 g/mol. The molecule has 0 unspecified atom stereocenters. The summed E-state index contributed by atoms with van der Waals surface area (Å²) in [6.45, 7) is 1.47. The maximum absolute atomic E-state index is 9.20. The monoisotopic (exact) mass is 198 g/mol. The molecule has 1 saturated heterocycles. The van der Waals surface area contributed by atoms with E-state index in [2.05, 4.69) is 16.4 Å². The van der Waals surface area contributed by atoms with Crippen LogP contribution in [-0.4, -0.2) is 22.5 Å². The first-order valence-corrected chi connectivity index (χ1v) is 4.89. The van der Waals surface area contributed by atoms with Gasteiger partial charge in [0.05, 0.1) is 6.07 Å². The van der Waals surface area contributed by atoms with Crippen LogP contribution in [0.15, 0.2) is 30.7 Å². The molecule has 1 fully saturated rings. The van der Waals surface area contributed by atoms with Crippen LogP contribution < -0.4 is 5.32 Å². The fourth-order valence-electron chi connectivity index (χ4n) is 1.93. The molecule has 74 valence electrons. The number of pyridine rings is 1. The topological polar surface area (TPSA) is 53.1 Å². The standard InChI is InChI=1S/C11H10N4/c12-6-11(7-13-8-11)9-1-3-15-4-2-14-10(15)5-9/h1-5,13H,7-8H2. The highest BCUT2D eigenvalue weighted by molar-refractivity contribution is 5.47. The fraction of sp³-hybridized carbons (Fsp3) is 0.273. The fourth-order valence-corrected chi connectivity index (χ4v) is 1.93. The molecule has 1 aliphatic rings. The zero-order valence-electron chi connectivity index (χ0n) is 8.14. The summed E-state index contributed by atoms with van der Waals surface area (Å²) in [5.41, 5.74) is 1.62. The van der Waals surface area contributed by atoms with Gasteiger partial charge in [0, 0.05) is 31.7 Å². The summed E-state index contributed by atoms with van der Waals surface area (Å²) in [6, 6.07) is 6.38. The van der Waals surface area contributed by atoms with Gasteiger partial charge in [-0.1, -0.05) is 0 Å². The number of hydrogen-bond acceptors (Lipinski definition) is 3. The van der Waals surface area contributed by atoms with Gasteiger partial charge in [-0.25, -0.2) is 4.98 Å². The lowest BCUT2D eigenvalue weighted by atomic mass is 9.77. The average Bonchev–Trinajstić information content (AvgIpc) is 2.64. The Morgan fingerprint density at radius 3 is 3.00 bits per heavy atom. The highest BCUT2D eigenvalue weighted by Crippen LogP contribution is 2.28. The van der Waals surface area contributed by atoms with Crippen LogP contribution in [0.1, 0.15) is 5.56 Å². The van der Waals surface area contributed by atoms with Gasteiger partial charge in [-0.3, -0.25) is 0 Å². The van der Waals surface area contributed by atoms with Gasteiger partial charge >= 0.3 is 0 Å². The molecular weight excluding hydrogens is 188 g/mol. The number of fused-ring (bicyclic) bond motifs is 1. The third-order valence-corrected chi connectivity index (χ3v) is 3.02. The molecule has 2 aromatic rings. The lowest BCUT2D eigenvalue weighted by Gasteiger charge is -2.36. The van der Waals surface area contributed by atoms with Crippen LogP contribution in [0.4, 0.5) is 0 Å². The molecule has 0 bridgehead atoms. The maximum atomic E-state index is 9.20. The molecule has 0 radical (unpaired) electrons. The van der Waals surface area contributed by atoms with Gasteiger partial charge < -0.3 is 9.72 Å². The van der Waals surface area contributed by atoms with E-state index < -0.39 is 0 Å². The lowest BCUT2D eigenvalue weighted by Crippen LogP contribution is -2.55. The van der Waals surface area contributed by atoms with E-state index in [-0.39, 0.29) is 5.41 Å². The first kappa shape index (κ1) is 8.45. The summed E-state index contributed by atoms with van der Waals surface area (Å²) >= 11 is 0. The minimum atomic E-state index is -0.340. The van der Waals surface area contributed by atoms with Crippen LogP contribution in [0.5, 0.6) is 0 Å². The molecule has 0 atom stereocenters. The highest BCUT2D eigenvalue weighted by Gasteiger charge is 2.39. The van der Waals surface area contributed by atoms with Crippen molar-refractivity contribution < 1.29 is 0 Å². The predicted molar refractivity (Wildman–Crippen MR) is 55.4 cm³/mol. The zero-order chi connectivity index (χ0) is 10.3. The third-order valence-electron chi connectivity index (χ3n) is 3.02. The molecule has 3 heterocycles. The van der Waals surface area contributed by atoms with Gasteiger partial charge in [-0.05, 0) is 17.7 Å². The number of hydrogen-bond donors (Lipinski definition) is 1. The summed E-state index contributed by atoms with van der Waals surface area (Å²) in [5, 5.41) is 12.3. The van der Waals surface area contributed by atoms with Crippen molar-refractivity contribution in [2.24, 2.45) is 0 Å². The molecule has 0 aliphatic carbocycles. The van der Waals surface area contributed by atoms with E-state index in [1.807, 2.05) is 28.9 Å². The van der Waals surface area contributed by atoms with Crippen molar-refractivity contribution in [1.29, 1.82) is 5.26 Å². The Kier molecular flexibility index (Phi) is 1.58. The lowest BCUT2D eigenvalue weighted by molar-refractivity contribution is 0.357. The van der Waals surface area contributed by atoms with Crippen LogP contribution in [0.3, 0.4) is 0 Å². The molecule has 15 heavy (non-hydrogen) atoms. The Morgan fingerprint density at radius 1 is 1.47 bits per heavy atom. The van der Waals surface area contributed by atoms with Gasteiger partial charge in [0.1, 0.15) is 11.1 Å². The Bertz CT molecular complexity index is 545. The van der Waals surface area contributed by atoms with Crippen molar-refractivity contribution in [3.05, 3.63) is 36.3 Å². The summed E-state index contributed by atoms with van der Waals surface area (Å²) in [4.78, 5) is 4.22. The highest BCUT2D eigenvalue weighted by atomic mass is 15.0. The Labute approximate surface area is 87.2 Å². The van der Waals surface area contributed by atoms with Gasteiger partial charge in [-0.15, -0.1) is 0 Å². The molecule has 0 amide bonds. The molecular formula is C11H10N4. The first-order valence-electron chi connectivity index (χ1n) is 4.89. The van der Waals surface area contributed by atoms with Crippen LogP contribution in [0.2, 0.25) is 0 Å². The Morgan fingerprint density at radius 2 is 2.33 bits per heavy atom. The maximum Gasteiger partial charge on any atom is 0.136 e. The van der Waals surface area contributed by atoms with Crippen molar-refractivity contribution in [1.82, 2.24) is 14.7 Å². The molecule has 1 N–H and O–H groups in total. The second-order valence-corrected chi connectivity index (χ2v) is 3.91. The largest absolute Gasteiger partial charge is 0.313 e. The molecule has 1 aliphatic heterocycles. The van der Waals surface area contributed by atoms with E-state index in [1.165, 1.54) is 0 Å². The Hall–Kier alpha value is -1.86. The van der Waals surface area contributed by atoms with E-state index in [0.29, 0.717) is 0 Å². The number of imidazole rings is 1. The smallest absolute Gasteiger partial charge is 0.136 e. The number of nitriles is 1. The second kappa shape index (κ2) is 2.81. The number of aromatic nitrogens is 2. The molecule has 0 aromatic carbocycles. The molecule has 2 aromatic heterocycles. The first-order chi connectivity index (χ1) is 7.34. The molecule has 4 heteroatoms. The van der Waals surface area contributed by atoms with Crippen LogP contribution in [0, 0.1) is 11.3 Å². The molecule has 0 saturated carbocycles. The molecule has 4 nitrogen and oxygen atoms in total. The second-order valence-electron chi connectivity index (χ2n) is 3.91. The van der Waals surface area contributed by atoms with E-state index >= 15 is 0 Å². The summed E-state index contributed by atoms with van der Waals surface area (Å²) in [6.07, 6.45) is 5.61. The minimum Gasteiger partial charge on any atom is -0.313 e. The van der Waals surface area contributed by atoms with Crippen molar-refractivity contribution in [3.63, 3.8) is 0 Å². The van der Waals surface area contributed by atoms with Gasteiger partial charge in [0.2, 0.25) is 0 Å². The quantitative estimate of drug-likeness (QED) is 0.733. The summed E-state index contributed by atoms with van der Waals surface area (Å²) in [7, 11) is 0. The normalized spacial score (nSPS) is 18.3. The third kappa shape index (κ3) is 1.07. The SMILES string of the molecule is N#CC1(c2ccn3ccnc3c2)CNC1. The van der Waals surface area contributed by atoms with Gasteiger partial charge in [0.15, 0.2) is 0 Å². The number of nitrogens with zero attached hydrogens (tertiary/aromatic N) is 3. The van der Waals surface area contributed by atoms with E-state index in [9.17, 15) is 5.26 Å². The molecule has 3 rings (SSSR count). The Balaban J connectivity index is 2.15. The van der Waals surface area contributed by atoms with Crippen LogP contribution in [0.25, 0.3) is 5.65 Å². The number of nitrogens with one attached hydrogen (secondary N) is 1. The minimum absolute atomic E-state index is 0.340. The summed E-state index contributed by atoms with van der Waals surface area (Å²) in [5.74, 6) is 0. The summed E-state index contributed by atoms with van der Waals surface area (Å²) < 4.78 is 1.95. The van der Waals surface area contributed by atoms with Gasteiger partial charge in [-0.2, -0.15) is 5.26 Å². The van der Waals surface area contributed by atoms with E-state index in [0.717, 1.165) is 24.3 Å². The van der Waals surface area contributed by atoms with Crippen LogP contribution >= 0.6 is 0 Å². The number of rotatable bonds is 1. The zero-order valence-corrected chi connectivity index (χ0v) is 8.14. The van der Waals surface area contributed by atoms with Crippen molar-refractivity contribution in [2.45, 2.75) is 5.41 Å². The van der Waals surface area contributed by atoms with Crippen molar-refractivity contribution in [2.75, 3.05) is 13.1 Å².